The van der Waals surface area contributed by atoms with Gasteiger partial charge in [0.1, 0.15) is 16.7 Å². The van der Waals surface area contributed by atoms with Gasteiger partial charge in [0.2, 0.25) is 11.8 Å². The maximum Gasteiger partial charge on any atom is 0.238 e. The van der Waals surface area contributed by atoms with Crippen LogP contribution in [0, 0.1) is 0 Å². The Balaban J connectivity index is 1.07. The molecule has 8 heteroatoms. The number of fused-ring (bicyclic) bond motifs is 11. The molecule has 8 nitrogen and oxygen atoms in total. The van der Waals surface area contributed by atoms with Crippen LogP contribution in [0.3, 0.4) is 0 Å². The number of hydrogen-bond donors (Lipinski definition) is 0. The molecule has 14 aromatic rings. The Morgan fingerprint density at radius 1 is 0.348 bits per heavy atom. The summed E-state index contributed by atoms with van der Waals surface area (Å²) in [6.07, 6.45) is 0. The number of hydrogen-bond acceptors (Lipinski definition) is 6. The van der Waals surface area contributed by atoms with Crippen LogP contribution in [-0.2, 0) is 0 Å². The number of rotatable bonds is 6. The molecule has 0 bridgehead atoms. The molecule has 66 heavy (non-hydrogen) atoms. The van der Waals surface area contributed by atoms with E-state index in [9.17, 15) is 0 Å². The van der Waals surface area contributed by atoms with E-state index in [1.54, 1.807) is 0 Å². The lowest BCUT2D eigenvalue weighted by molar-refractivity contribution is 0.618. The van der Waals surface area contributed by atoms with Gasteiger partial charge in [-0.25, -0.2) is 9.97 Å². The summed E-state index contributed by atoms with van der Waals surface area (Å²) in [4.78, 5) is 21.1. The van der Waals surface area contributed by atoms with Crippen molar-refractivity contribution < 1.29 is 8.83 Å². The summed E-state index contributed by atoms with van der Waals surface area (Å²) in [6.45, 7) is 0. The number of furan rings is 1. The number of oxazole rings is 1. The van der Waals surface area contributed by atoms with E-state index < -0.39 is 0 Å². The molecule has 0 spiro atoms. The van der Waals surface area contributed by atoms with Gasteiger partial charge in [-0.2, -0.15) is 9.97 Å². The van der Waals surface area contributed by atoms with Gasteiger partial charge in [-0.05, 0) is 59.7 Å². The summed E-state index contributed by atoms with van der Waals surface area (Å²) in [6, 6.07) is 70.9. The third-order valence-electron chi connectivity index (χ3n) is 12.8. The van der Waals surface area contributed by atoms with E-state index in [1.807, 2.05) is 72.8 Å². The maximum atomic E-state index is 6.89. The smallest absolute Gasteiger partial charge is 0.238 e. The molecule has 0 saturated carbocycles. The third kappa shape index (κ3) is 5.45. The molecule has 0 fully saturated rings. The molecule has 0 radical (unpaired) electrons. The summed E-state index contributed by atoms with van der Waals surface area (Å²) in [5.41, 5.74) is 12.6. The highest BCUT2D eigenvalue weighted by Crippen LogP contribution is 2.44. The van der Waals surface area contributed by atoms with E-state index >= 15 is 0 Å². The lowest BCUT2D eigenvalue weighted by Gasteiger charge is -2.13. The van der Waals surface area contributed by atoms with E-state index in [0.717, 1.165) is 105 Å². The number of para-hydroxylation sites is 5. The lowest BCUT2D eigenvalue weighted by atomic mass is 10.0. The summed E-state index contributed by atoms with van der Waals surface area (Å²) < 4.78 is 18.0. The zero-order valence-electron chi connectivity index (χ0n) is 35.1. The number of benzene rings is 9. The molecule has 0 aliphatic carbocycles. The van der Waals surface area contributed by atoms with Gasteiger partial charge in [-0.1, -0.05) is 158 Å². The normalized spacial score (nSPS) is 11.9. The molecule has 5 heterocycles. The summed E-state index contributed by atoms with van der Waals surface area (Å²) in [5, 5.41) is 6.37. The van der Waals surface area contributed by atoms with Gasteiger partial charge in [0.15, 0.2) is 17.2 Å². The molecule has 0 atom stereocenters. The van der Waals surface area contributed by atoms with E-state index in [4.69, 9.17) is 28.8 Å². The maximum absolute atomic E-state index is 6.89. The monoisotopic (exact) mass is 846 g/mol. The fourth-order valence-corrected chi connectivity index (χ4v) is 9.88. The van der Waals surface area contributed by atoms with Crippen LogP contribution >= 0.6 is 0 Å². The molecule has 0 N–H and O–H groups in total. The standard InChI is InChI=1S/C58H34N6O2/c1-3-16-35(17-4-1)37-20-13-21-38(34-37)57-59-46-27-15-30-49(54(46)66-57)63-47-28-10-7-22-39(47)42-32-33-43-40-23-8-11-29-48(40)64(52(43)51(42)63)58-61-55(36-18-5-2-6-19-36)60-56(62-58)45-26-14-25-44-41-24-9-12-31-50(41)65-53(44)45/h1-34H. The Labute approximate surface area is 376 Å². The highest BCUT2D eigenvalue weighted by atomic mass is 16.3. The fraction of sp³-hybridized carbons (Fsp3) is 0. The van der Waals surface area contributed by atoms with Crippen molar-refractivity contribution in [1.82, 2.24) is 29.1 Å². The predicted molar refractivity (Wildman–Crippen MR) is 265 cm³/mol. The predicted octanol–water partition coefficient (Wildman–Crippen LogP) is 14.8. The van der Waals surface area contributed by atoms with Crippen molar-refractivity contribution in [1.29, 1.82) is 0 Å². The molecule has 14 rings (SSSR count). The Hall–Kier alpha value is -9.14. The van der Waals surface area contributed by atoms with Gasteiger partial charge in [-0.3, -0.25) is 4.57 Å². The van der Waals surface area contributed by atoms with E-state index in [1.165, 1.54) is 0 Å². The average molecular weight is 847 g/mol. The quantitative estimate of drug-likeness (QED) is 0.166. The van der Waals surface area contributed by atoms with Crippen LogP contribution in [-0.4, -0.2) is 29.1 Å². The molecular formula is C58H34N6O2. The summed E-state index contributed by atoms with van der Waals surface area (Å²) in [5.74, 6) is 2.11. The van der Waals surface area contributed by atoms with Gasteiger partial charge in [0.25, 0.3) is 0 Å². The van der Waals surface area contributed by atoms with Crippen molar-refractivity contribution >= 4 is 76.6 Å². The lowest BCUT2D eigenvalue weighted by Crippen LogP contribution is -2.07. The fourth-order valence-electron chi connectivity index (χ4n) is 9.88. The minimum atomic E-state index is 0.487. The van der Waals surface area contributed by atoms with Crippen LogP contribution in [0.15, 0.2) is 215 Å². The zero-order valence-corrected chi connectivity index (χ0v) is 35.1. The molecule has 9 aromatic carbocycles. The van der Waals surface area contributed by atoms with Crippen molar-refractivity contribution in [2.75, 3.05) is 0 Å². The Morgan fingerprint density at radius 2 is 0.939 bits per heavy atom. The average Bonchev–Trinajstić information content (AvgIpc) is 4.16. The van der Waals surface area contributed by atoms with Gasteiger partial charge in [0.05, 0.1) is 33.3 Å². The first kappa shape index (κ1) is 36.4. The Kier molecular flexibility index (Phi) is 7.81. The van der Waals surface area contributed by atoms with E-state index in [-0.39, 0.29) is 0 Å². The highest BCUT2D eigenvalue weighted by Gasteiger charge is 2.26. The van der Waals surface area contributed by atoms with Crippen molar-refractivity contribution in [3.05, 3.63) is 206 Å². The van der Waals surface area contributed by atoms with Crippen LogP contribution in [0.25, 0.3) is 134 Å². The first-order valence-corrected chi connectivity index (χ1v) is 22.0. The van der Waals surface area contributed by atoms with Crippen molar-refractivity contribution in [2.24, 2.45) is 0 Å². The van der Waals surface area contributed by atoms with Gasteiger partial charge in [-0.15, -0.1) is 0 Å². The minimum Gasteiger partial charge on any atom is -0.455 e. The first-order valence-electron chi connectivity index (χ1n) is 22.0. The van der Waals surface area contributed by atoms with E-state index in [2.05, 4.69) is 143 Å². The first-order chi connectivity index (χ1) is 32.7. The van der Waals surface area contributed by atoms with Gasteiger partial charge < -0.3 is 13.4 Å². The van der Waals surface area contributed by atoms with Crippen molar-refractivity contribution in [2.45, 2.75) is 0 Å². The van der Waals surface area contributed by atoms with Crippen molar-refractivity contribution in [3.63, 3.8) is 0 Å². The Morgan fingerprint density at radius 3 is 1.73 bits per heavy atom. The Bertz CT molecular complexity index is 4240. The summed E-state index contributed by atoms with van der Waals surface area (Å²) >= 11 is 0. The van der Waals surface area contributed by atoms with Crippen LogP contribution in [0.5, 0.6) is 0 Å². The largest absolute Gasteiger partial charge is 0.455 e. The topological polar surface area (TPSA) is 87.7 Å². The second-order valence-corrected chi connectivity index (χ2v) is 16.6. The van der Waals surface area contributed by atoms with Gasteiger partial charge >= 0.3 is 0 Å². The molecule has 0 saturated heterocycles. The third-order valence-corrected chi connectivity index (χ3v) is 12.8. The molecular weight excluding hydrogens is 813 g/mol. The minimum absolute atomic E-state index is 0.487. The van der Waals surface area contributed by atoms with Gasteiger partial charge in [0, 0.05) is 43.4 Å². The zero-order chi connectivity index (χ0) is 43.3. The molecule has 0 unspecified atom stereocenters. The van der Waals surface area contributed by atoms with Crippen LogP contribution < -0.4 is 0 Å². The van der Waals surface area contributed by atoms with E-state index in [0.29, 0.717) is 29.1 Å². The molecule has 0 amide bonds. The summed E-state index contributed by atoms with van der Waals surface area (Å²) in [7, 11) is 0. The second-order valence-electron chi connectivity index (χ2n) is 16.6. The SMILES string of the molecule is c1ccc(-c2cccc(-c3nc4cccc(-n5c6ccccc6c6ccc7c8ccccc8n(-c8nc(-c9ccccc9)nc(-c9cccc%10c9oc9ccccc9%10)n8)c7c65)c4o3)c2)cc1. The highest BCUT2D eigenvalue weighted by molar-refractivity contribution is 6.24. The second kappa shape index (κ2) is 14.2. The molecule has 5 aromatic heterocycles. The van der Waals surface area contributed by atoms with Crippen molar-refractivity contribution in [3.8, 4) is 57.0 Å². The number of nitrogens with zero attached hydrogens (tertiary/aromatic N) is 6. The van der Waals surface area contributed by atoms with Crippen LogP contribution in [0.4, 0.5) is 0 Å². The molecule has 308 valence electrons. The number of aromatic nitrogens is 6. The molecule has 0 aliphatic rings. The molecule has 0 aliphatic heterocycles. The van der Waals surface area contributed by atoms with Crippen LogP contribution in [0.1, 0.15) is 0 Å². The van der Waals surface area contributed by atoms with Crippen LogP contribution in [0.2, 0.25) is 0 Å².